The van der Waals surface area contributed by atoms with Crippen molar-refractivity contribution in [1.82, 2.24) is 4.90 Å². The lowest BCUT2D eigenvalue weighted by molar-refractivity contribution is -0.256. The third-order valence-electron chi connectivity index (χ3n) is 14.0. The van der Waals surface area contributed by atoms with Crippen molar-refractivity contribution in [2.75, 3.05) is 40.6 Å². The molecule has 2 aliphatic carbocycles. The van der Waals surface area contributed by atoms with Gasteiger partial charge in [-0.25, -0.2) is 0 Å². The van der Waals surface area contributed by atoms with E-state index in [4.69, 9.17) is 33.7 Å². The molecule has 12 heteroatoms. The van der Waals surface area contributed by atoms with Gasteiger partial charge in [-0.15, -0.1) is 6.58 Å². The summed E-state index contributed by atoms with van der Waals surface area (Å²) in [6.45, 7) is 7.30. The average Bonchev–Trinajstić information content (AvgIpc) is 3.33. The fourth-order valence-electron chi connectivity index (χ4n) is 10.6. The van der Waals surface area contributed by atoms with Crippen molar-refractivity contribution >= 4 is 17.9 Å². The highest BCUT2D eigenvalue weighted by atomic mass is 16.8. The van der Waals surface area contributed by atoms with Gasteiger partial charge in [0.25, 0.3) is 0 Å². The third kappa shape index (κ3) is 12.6. The van der Waals surface area contributed by atoms with E-state index in [1.807, 2.05) is 30.1 Å². The minimum Gasteiger partial charge on any atom is -0.496 e. The molecule has 1 saturated carbocycles. The van der Waals surface area contributed by atoms with Crippen molar-refractivity contribution in [2.45, 2.75) is 159 Å². The number of rotatable bonds is 28. The zero-order chi connectivity index (χ0) is 46.0. The number of hydrogen-bond acceptors (Lipinski definition) is 11. The molecule has 12 nitrogen and oxygen atoms in total. The number of aliphatic hydroxyl groups is 2. The molecule has 2 aliphatic heterocycles. The first kappa shape index (κ1) is 50.2. The van der Waals surface area contributed by atoms with Crippen LogP contribution in [0.15, 0.2) is 65.9 Å². The van der Waals surface area contributed by atoms with Gasteiger partial charge in [0.15, 0.2) is 6.29 Å². The first-order valence-corrected chi connectivity index (χ1v) is 24.7. The maximum absolute atomic E-state index is 14.5. The summed E-state index contributed by atoms with van der Waals surface area (Å²) in [6.07, 6.45) is 23.0. The van der Waals surface area contributed by atoms with Crippen molar-refractivity contribution < 1.29 is 48.3 Å². The molecule has 0 spiro atoms. The van der Waals surface area contributed by atoms with Crippen molar-refractivity contribution in [1.29, 1.82) is 0 Å². The molecule has 4 aliphatic rings. The van der Waals surface area contributed by atoms with Gasteiger partial charge in [0.2, 0.25) is 18.0 Å². The highest BCUT2D eigenvalue weighted by Crippen LogP contribution is 2.62. The number of unbranched alkanes of at least 4 members (excludes halogenated alkanes) is 10. The molecular weight excluding hydrogens is 825 g/mol. The Bertz CT molecular complexity index is 1890. The van der Waals surface area contributed by atoms with Crippen LogP contribution in [0.25, 0.3) is 0 Å². The molecule has 6 rings (SSSR count). The zero-order valence-electron chi connectivity index (χ0n) is 39.4. The summed E-state index contributed by atoms with van der Waals surface area (Å²) < 4.78 is 32.3. The van der Waals surface area contributed by atoms with Crippen molar-refractivity contribution in [2.24, 2.45) is 22.9 Å². The maximum atomic E-state index is 14.5. The fraction of sp³-hybridized carbons (Fsp3) is 0.642. The Hall–Kier alpha value is -4.23. The minimum atomic E-state index is -1.33. The topological polar surface area (TPSA) is 146 Å². The Kier molecular flexibility index (Phi) is 19.8. The van der Waals surface area contributed by atoms with E-state index < -0.39 is 24.0 Å². The highest BCUT2D eigenvalue weighted by Gasteiger charge is 2.65. The van der Waals surface area contributed by atoms with E-state index in [0.29, 0.717) is 60.9 Å². The molecule has 2 fully saturated rings. The number of carbonyl (C=O) groups excluding carboxylic acids is 2. The summed E-state index contributed by atoms with van der Waals surface area (Å²) in [6, 6.07) is 10.4. The Labute approximate surface area is 387 Å². The number of aliphatic hydroxyl groups excluding tert-OH is 2. The molecule has 2 heterocycles. The number of amides is 1. The Balaban J connectivity index is 1.44. The van der Waals surface area contributed by atoms with Crippen molar-refractivity contribution in [3.63, 3.8) is 0 Å². The molecular formula is C53H76N2O10. The van der Waals surface area contributed by atoms with Crippen LogP contribution in [0.4, 0.5) is 0 Å². The standard InChI is InChI=1S/C53H76N2O10/c1-5-7-8-9-10-11-12-13-14-23-49(59)55(3)48-36-45(54-65-50-24-17-20-32-61-50)43-34-38(21-15-18-29-56)42(22-16-19-30-57)51-44-35-41(63-40-25-27-46(60-4)39(33-40)37-58)26-28-47(44)64-53(48,52(43)51)62-31-6-2/h6,25-28,33-35,37-38,42,48,50-52,56-57H,2,5,7-24,29-32,36H2,1,3-4H3/t38-,42+,48-,50?,51+,52+,53+/m0/s1. The Morgan fingerprint density at radius 1 is 0.938 bits per heavy atom. The number of ether oxygens (including phenoxy) is 5. The normalized spacial score (nSPS) is 25.1. The molecule has 0 bridgehead atoms. The number of nitrogens with zero attached hydrogens (tertiary/aromatic N) is 2. The molecule has 7 atom stereocenters. The Morgan fingerprint density at radius 2 is 1.66 bits per heavy atom. The number of oxime groups is 1. The summed E-state index contributed by atoms with van der Waals surface area (Å²) in [5.74, 6) is 0.373. The summed E-state index contributed by atoms with van der Waals surface area (Å²) >= 11 is 0. The lowest BCUT2D eigenvalue weighted by atomic mass is 9.55. The number of methoxy groups -OCH3 is 1. The van der Waals surface area contributed by atoms with Crippen LogP contribution in [0.5, 0.6) is 23.0 Å². The quantitative estimate of drug-likeness (QED) is 0.0366. The van der Waals surface area contributed by atoms with Gasteiger partial charge in [0.1, 0.15) is 29.0 Å². The number of allylic oxidation sites excluding steroid dienone is 1. The lowest BCUT2D eigenvalue weighted by Gasteiger charge is -2.59. The molecule has 1 amide bonds. The molecule has 0 aromatic heterocycles. The van der Waals surface area contributed by atoms with Crippen LogP contribution in [0.3, 0.4) is 0 Å². The number of benzene rings is 2. The SMILES string of the molecule is C=CCO[C@@]12Oc3ccc(Oc4ccc(OC)c(C=O)c4)cc3[C@H]3[C@H](CCCCO)[C@@H](CCCCO)C=C(C(=NOC4CCCCO4)C[C@@H]1N(C)C(=O)CCCCCCCCCCC)[C@H]32. The molecule has 0 radical (unpaired) electrons. The predicted molar refractivity (Wildman–Crippen MR) is 253 cm³/mol. The summed E-state index contributed by atoms with van der Waals surface area (Å²) in [5, 5.41) is 24.9. The first-order chi connectivity index (χ1) is 31.8. The first-order valence-electron chi connectivity index (χ1n) is 24.7. The van der Waals surface area contributed by atoms with Crippen LogP contribution < -0.4 is 14.2 Å². The monoisotopic (exact) mass is 901 g/mol. The summed E-state index contributed by atoms with van der Waals surface area (Å²) in [5.41, 5.74) is 3.05. The highest BCUT2D eigenvalue weighted by molar-refractivity contribution is 6.03. The van der Waals surface area contributed by atoms with Gasteiger partial charge < -0.3 is 43.6 Å². The van der Waals surface area contributed by atoms with E-state index >= 15 is 0 Å². The van der Waals surface area contributed by atoms with Gasteiger partial charge in [-0.2, -0.15) is 0 Å². The molecule has 358 valence electrons. The molecule has 2 aromatic carbocycles. The maximum Gasteiger partial charge on any atom is 0.239 e. The third-order valence-corrected chi connectivity index (χ3v) is 14.0. The van der Waals surface area contributed by atoms with Gasteiger partial charge in [-0.3, -0.25) is 9.59 Å². The second kappa shape index (κ2) is 25.6. The second-order valence-corrected chi connectivity index (χ2v) is 18.4. The summed E-state index contributed by atoms with van der Waals surface area (Å²) in [7, 11) is 3.41. The van der Waals surface area contributed by atoms with Gasteiger partial charge in [0.05, 0.1) is 37.5 Å². The number of carbonyl (C=O) groups is 2. The Morgan fingerprint density at radius 3 is 2.35 bits per heavy atom. The van der Waals surface area contributed by atoms with E-state index in [-0.39, 0.29) is 43.5 Å². The predicted octanol–water partition coefficient (Wildman–Crippen LogP) is 10.8. The van der Waals surface area contributed by atoms with Crippen LogP contribution in [-0.4, -0.2) is 91.7 Å². The minimum absolute atomic E-state index is 0.0314. The number of hydrogen-bond donors (Lipinski definition) is 2. The average molecular weight is 901 g/mol. The lowest BCUT2D eigenvalue weighted by Crippen LogP contribution is -2.69. The van der Waals surface area contributed by atoms with Crippen molar-refractivity contribution in [3.8, 4) is 23.0 Å². The van der Waals surface area contributed by atoms with Crippen LogP contribution in [0, 0.1) is 17.8 Å². The van der Waals surface area contributed by atoms with Gasteiger partial charge in [-0.1, -0.05) is 88.4 Å². The van der Waals surface area contributed by atoms with E-state index in [1.165, 1.54) is 45.6 Å². The van der Waals surface area contributed by atoms with Crippen LogP contribution >= 0.6 is 0 Å². The van der Waals surface area contributed by atoms with E-state index in [1.54, 1.807) is 24.3 Å². The van der Waals surface area contributed by atoms with E-state index in [0.717, 1.165) is 87.3 Å². The molecule has 65 heavy (non-hydrogen) atoms. The molecule has 1 saturated heterocycles. The van der Waals surface area contributed by atoms with Crippen LogP contribution in [-0.2, 0) is 19.1 Å². The fourth-order valence-corrected chi connectivity index (χ4v) is 10.6. The largest absolute Gasteiger partial charge is 0.496 e. The van der Waals surface area contributed by atoms with E-state index in [9.17, 15) is 19.8 Å². The van der Waals surface area contributed by atoms with Gasteiger partial charge >= 0.3 is 0 Å². The van der Waals surface area contributed by atoms with Gasteiger partial charge in [-0.05, 0) is 98.8 Å². The zero-order valence-corrected chi connectivity index (χ0v) is 39.4. The van der Waals surface area contributed by atoms with Crippen LogP contribution in [0.2, 0.25) is 0 Å². The molecule has 1 unspecified atom stereocenters. The molecule has 2 N–H and O–H groups in total. The van der Waals surface area contributed by atoms with Gasteiger partial charge in [0, 0.05) is 51.0 Å². The number of aldehydes is 1. The number of fused-ring (bicyclic) bond motifs is 2. The summed E-state index contributed by atoms with van der Waals surface area (Å²) in [4.78, 5) is 34.6. The molecule has 2 aromatic rings. The smallest absolute Gasteiger partial charge is 0.239 e. The van der Waals surface area contributed by atoms with Crippen molar-refractivity contribution in [3.05, 3.63) is 71.8 Å². The van der Waals surface area contributed by atoms with E-state index in [2.05, 4.69) is 19.6 Å². The number of likely N-dealkylation sites (N-methyl/N-ethyl adjacent to an activating group) is 1. The second-order valence-electron chi connectivity index (χ2n) is 18.4. The van der Waals surface area contributed by atoms with Crippen LogP contribution in [0.1, 0.15) is 157 Å².